The first-order valence-corrected chi connectivity index (χ1v) is 6.41. The summed E-state index contributed by atoms with van der Waals surface area (Å²) < 4.78 is 43.8. The third-order valence-corrected chi connectivity index (χ3v) is 3.71. The lowest BCUT2D eigenvalue weighted by Crippen LogP contribution is -2.27. The van der Waals surface area contributed by atoms with Gasteiger partial charge in [0.05, 0.1) is 11.5 Å². The van der Waals surface area contributed by atoms with Crippen molar-refractivity contribution < 1.29 is 17.5 Å². The van der Waals surface area contributed by atoms with Crippen LogP contribution in [0.15, 0.2) is 17.0 Å². The highest BCUT2D eigenvalue weighted by molar-refractivity contribution is 7.89. The van der Waals surface area contributed by atoms with Crippen LogP contribution in [0.25, 0.3) is 0 Å². The molecule has 0 spiro atoms. The molecule has 0 amide bonds. The molecule has 1 aromatic rings. The van der Waals surface area contributed by atoms with Gasteiger partial charge in [0.15, 0.2) is 0 Å². The highest BCUT2D eigenvalue weighted by atomic mass is 32.2. The molecule has 0 aromatic heterocycles. The highest BCUT2D eigenvalue weighted by Crippen LogP contribution is 2.20. The van der Waals surface area contributed by atoms with Gasteiger partial charge in [0.1, 0.15) is 5.82 Å². The molecule has 96 valence electrons. The van der Waals surface area contributed by atoms with Crippen LogP contribution in [0.1, 0.15) is 5.56 Å². The molecule has 0 heterocycles. The van der Waals surface area contributed by atoms with Gasteiger partial charge in [-0.2, -0.15) is 0 Å². The van der Waals surface area contributed by atoms with Gasteiger partial charge in [0, 0.05) is 24.9 Å². The van der Waals surface area contributed by atoms with Gasteiger partial charge in [-0.3, -0.25) is 0 Å². The second-order valence-corrected chi connectivity index (χ2v) is 5.28. The van der Waals surface area contributed by atoms with Crippen molar-refractivity contribution in [2.45, 2.75) is 11.8 Å². The van der Waals surface area contributed by atoms with E-state index in [-0.39, 0.29) is 29.3 Å². The first-order chi connectivity index (χ1) is 7.88. The smallest absolute Gasteiger partial charge is 0.240 e. The maximum Gasteiger partial charge on any atom is 0.240 e. The lowest BCUT2D eigenvalue weighted by molar-refractivity contribution is 0.204. The van der Waals surface area contributed by atoms with Gasteiger partial charge in [-0.05, 0) is 19.1 Å². The Kier molecular flexibility index (Phi) is 4.44. The summed E-state index contributed by atoms with van der Waals surface area (Å²) >= 11 is 0. The monoisotopic (exact) mass is 262 g/mol. The van der Waals surface area contributed by atoms with Crippen LogP contribution < -0.4 is 10.5 Å². The van der Waals surface area contributed by atoms with Crippen molar-refractivity contribution >= 4 is 15.7 Å². The molecular weight excluding hydrogens is 247 g/mol. The van der Waals surface area contributed by atoms with Gasteiger partial charge in [-0.15, -0.1) is 0 Å². The number of methoxy groups -OCH3 is 1. The van der Waals surface area contributed by atoms with Crippen LogP contribution in [-0.4, -0.2) is 28.7 Å². The average molecular weight is 262 g/mol. The number of nitrogen functional groups attached to an aromatic ring is 1. The fourth-order valence-corrected chi connectivity index (χ4v) is 2.25. The van der Waals surface area contributed by atoms with Gasteiger partial charge in [0.25, 0.3) is 0 Å². The number of hydrogen-bond acceptors (Lipinski definition) is 4. The molecule has 1 rings (SSSR count). The van der Waals surface area contributed by atoms with Crippen molar-refractivity contribution in [1.29, 1.82) is 0 Å². The molecule has 0 fully saturated rings. The molecule has 0 aliphatic rings. The zero-order chi connectivity index (χ0) is 13.1. The molecule has 17 heavy (non-hydrogen) atoms. The van der Waals surface area contributed by atoms with Gasteiger partial charge in [-0.1, -0.05) is 0 Å². The Balaban J connectivity index is 2.99. The Hall–Kier alpha value is -1.18. The zero-order valence-corrected chi connectivity index (χ0v) is 10.5. The zero-order valence-electron chi connectivity index (χ0n) is 9.66. The van der Waals surface area contributed by atoms with Crippen LogP contribution in [0.3, 0.4) is 0 Å². The molecule has 0 bridgehead atoms. The quantitative estimate of drug-likeness (QED) is 0.602. The van der Waals surface area contributed by atoms with Crippen LogP contribution in [-0.2, 0) is 14.8 Å². The van der Waals surface area contributed by atoms with E-state index in [1.165, 1.54) is 20.1 Å². The van der Waals surface area contributed by atoms with Crippen molar-refractivity contribution in [2.24, 2.45) is 0 Å². The Labute approximate surface area is 99.8 Å². The number of nitrogens with two attached hydrogens (primary N) is 1. The van der Waals surface area contributed by atoms with Gasteiger partial charge < -0.3 is 10.5 Å². The van der Waals surface area contributed by atoms with E-state index in [4.69, 9.17) is 10.5 Å². The number of benzene rings is 1. The molecule has 0 aliphatic carbocycles. The first-order valence-electron chi connectivity index (χ1n) is 4.92. The summed E-state index contributed by atoms with van der Waals surface area (Å²) in [6.07, 6.45) is 0. The predicted octanol–water partition coefficient (Wildman–Crippen LogP) is 0.641. The average Bonchev–Trinajstić information content (AvgIpc) is 2.25. The number of nitrogens with one attached hydrogen (secondary N) is 1. The maximum absolute atomic E-state index is 13.4. The second-order valence-electron chi connectivity index (χ2n) is 3.51. The van der Waals surface area contributed by atoms with Crippen LogP contribution >= 0.6 is 0 Å². The Morgan fingerprint density at radius 1 is 1.47 bits per heavy atom. The molecular formula is C10H15FN2O3S. The molecule has 3 N–H and O–H groups in total. The third kappa shape index (κ3) is 3.39. The highest BCUT2D eigenvalue weighted by Gasteiger charge is 2.16. The summed E-state index contributed by atoms with van der Waals surface area (Å²) in [6, 6.07) is 2.17. The second kappa shape index (κ2) is 5.44. The molecule has 0 radical (unpaired) electrons. The van der Waals surface area contributed by atoms with E-state index in [1.54, 1.807) is 0 Å². The summed E-state index contributed by atoms with van der Waals surface area (Å²) in [4.78, 5) is -0.186. The molecule has 1 aromatic carbocycles. The Morgan fingerprint density at radius 3 is 2.65 bits per heavy atom. The molecule has 0 saturated heterocycles. The molecule has 5 nitrogen and oxygen atoms in total. The number of anilines is 1. The SMILES string of the molecule is COCCNS(=O)(=O)c1cc(N)c(C)c(F)c1. The minimum atomic E-state index is -3.74. The summed E-state index contributed by atoms with van der Waals surface area (Å²) in [6.45, 7) is 1.84. The topological polar surface area (TPSA) is 81.4 Å². The van der Waals surface area contributed by atoms with E-state index in [1.807, 2.05) is 0 Å². The third-order valence-electron chi connectivity index (χ3n) is 2.27. The summed E-state index contributed by atoms with van der Waals surface area (Å²) in [5.41, 5.74) is 5.86. The number of rotatable bonds is 5. The fourth-order valence-electron chi connectivity index (χ4n) is 1.19. The Morgan fingerprint density at radius 2 is 2.12 bits per heavy atom. The predicted molar refractivity (Wildman–Crippen MR) is 62.6 cm³/mol. The van der Waals surface area contributed by atoms with Gasteiger partial charge in [0.2, 0.25) is 10.0 Å². The molecule has 0 aliphatic heterocycles. The summed E-state index contributed by atoms with van der Waals surface area (Å²) in [7, 11) is -2.29. The molecule has 7 heteroatoms. The summed E-state index contributed by atoms with van der Waals surface area (Å²) in [5, 5.41) is 0. The lowest BCUT2D eigenvalue weighted by Gasteiger charge is -2.09. The number of sulfonamides is 1. The maximum atomic E-state index is 13.4. The van der Waals surface area contributed by atoms with E-state index in [0.717, 1.165) is 6.07 Å². The number of halogens is 1. The van der Waals surface area contributed by atoms with E-state index in [0.29, 0.717) is 0 Å². The summed E-state index contributed by atoms with van der Waals surface area (Å²) in [5.74, 6) is -0.642. The minimum absolute atomic E-state index is 0.108. The lowest BCUT2D eigenvalue weighted by atomic mass is 10.2. The van der Waals surface area contributed by atoms with Crippen molar-refractivity contribution in [3.05, 3.63) is 23.5 Å². The molecule has 0 atom stereocenters. The van der Waals surface area contributed by atoms with Crippen LogP contribution in [0.4, 0.5) is 10.1 Å². The van der Waals surface area contributed by atoms with Crippen molar-refractivity contribution in [2.75, 3.05) is 26.0 Å². The normalized spacial score (nSPS) is 11.7. The minimum Gasteiger partial charge on any atom is -0.398 e. The van der Waals surface area contributed by atoms with E-state index in [2.05, 4.69) is 4.72 Å². The molecule has 0 unspecified atom stereocenters. The standard InChI is InChI=1S/C10H15FN2O3S/c1-7-9(11)5-8(6-10(7)12)17(14,15)13-3-4-16-2/h5-6,13H,3-4,12H2,1-2H3. The van der Waals surface area contributed by atoms with E-state index >= 15 is 0 Å². The number of ether oxygens (including phenoxy) is 1. The fraction of sp³-hybridized carbons (Fsp3) is 0.400. The van der Waals surface area contributed by atoms with E-state index in [9.17, 15) is 12.8 Å². The molecule has 0 saturated carbocycles. The van der Waals surface area contributed by atoms with E-state index < -0.39 is 15.8 Å². The van der Waals surface area contributed by atoms with Gasteiger partial charge in [-0.25, -0.2) is 17.5 Å². The van der Waals surface area contributed by atoms with Crippen LogP contribution in [0.2, 0.25) is 0 Å². The van der Waals surface area contributed by atoms with Crippen LogP contribution in [0.5, 0.6) is 0 Å². The van der Waals surface area contributed by atoms with Crippen molar-refractivity contribution in [3.63, 3.8) is 0 Å². The van der Waals surface area contributed by atoms with Crippen molar-refractivity contribution in [1.82, 2.24) is 4.72 Å². The number of hydrogen-bond donors (Lipinski definition) is 2. The Bertz CT molecular complexity index is 479. The van der Waals surface area contributed by atoms with Gasteiger partial charge >= 0.3 is 0 Å². The first kappa shape index (κ1) is 13.9. The largest absolute Gasteiger partial charge is 0.398 e. The van der Waals surface area contributed by atoms with Crippen molar-refractivity contribution in [3.8, 4) is 0 Å². The van der Waals surface area contributed by atoms with Crippen LogP contribution in [0, 0.1) is 12.7 Å².